The Morgan fingerprint density at radius 3 is 1.35 bits per heavy atom. The lowest BCUT2D eigenvalue weighted by atomic mass is 10.3. The van der Waals surface area contributed by atoms with Crippen LogP contribution in [0.1, 0.15) is 19.3 Å². The molecule has 26 heavy (non-hydrogen) atoms. The fraction of sp³-hybridized carbons (Fsp3) is 0.600. The van der Waals surface area contributed by atoms with Gasteiger partial charge < -0.3 is 40.1 Å². The molecule has 0 aliphatic carbocycles. The van der Waals surface area contributed by atoms with E-state index >= 15 is 0 Å². The van der Waals surface area contributed by atoms with Crippen molar-refractivity contribution in [2.45, 2.75) is 37.6 Å². The van der Waals surface area contributed by atoms with Gasteiger partial charge in [0.05, 0.1) is 25.3 Å². The average Bonchev–Trinajstić information content (AvgIpc) is 2.48. The van der Waals surface area contributed by atoms with Crippen molar-refractivity contribution < 1.29 is 35.1 Å². The van der Waals surface area contributed by atoms with Crippen LogP contribution in [0.15, 0.2) is 0 Å². The third-order valence-electron chi connectivity index (χ3n) is 2.05. The minimum Gasteiger partial charge on any atom is -0.481 e. The molecular weight excluding hydrogens is 350 g/mol. The van der Waals surface area contributed by atoms with Gasteiger partial charge in [0.25, 0.3) is 0 Å². The van der Waals surface area contributed by atoms with Gasteiger partial charge in [0, 0.05) is 0 Å². The van der Waals surface area contributed by atoms with Gasteiger partial charge in [0.15, 0.2) is 0 Å². The molecule has 11 nitrogen and oxygen atoms in total. The third kappa shape index (κ3) is 28.9. The van der Waals surface area contributed by atoms with Gasteiger partial charge in [0.1, 0.15) is 18.3 Å². The highest BCUT2D eigenvalue weighted by Gasteiger charge is 2.11. The number of hydrogen-bond acceptors (Lipinski definition) is 6. The highest BCUT2D eigenvalue weighted by molar-refractivity contribution is 5.67. The lowest BCUT2D eigenvalue weighted by molar-refractivity contribution is -0.140. The number of nitriles is 1. The molecule has 0 radical (unpaired) electrons. The number of rotatable bonds is 8. The predicted molar refractivity (Wildman–Crippen MR) is 87.2 cm³/mol. The van der Waals surface area contributed by atoms with Gasteiger partial charge in [-0.05, 0) is 0 Å². The summed E-state index contributed by atoms with van der Waals surface area (Å²) < 4.78 is 0. The van der Waals surface area contributed by atoms with Crippen LogP contribution in [0.25, 0.3) is 14.5 Å². The second-order valence-electron chi connectivity index (χ2n) is 4.54. The number of carboxylic acids is 2. The molecule has 11 heteroatoms. The van der Waals surface area contributed by atoms with E-state index in [4.69, 9.17) is 50.5 Å². The summed E-state index contributed by atoms with van der Waals surface area (Å²) in [6.45, 7) is 18.5. The maximum absolute atomic E-state index is 9.82. The molecule has 0 spiro atoms. The van der Waals surface area contributed by atoms with Crippen molar-refractivity contribution in [3.63, 3.8) is 0 Å². The van der Waals surface area contributed by atoms with Crippen LogP contribution in [0.4, 0.5) is 0 Å². The molecule has 0 aromatic carbocycles. The summed E-state index contributed by atoms with van der Waals surface area (Å²) in [5.41, 5.74) is 0. The van der Waals surface area contributed by atoms with Crippen LogP contribution in [0.3, 0.4) is 0 Å². The fourth-order valence-corrected chi connectivity index (χ4v) is 1.02. The Kier molecular flexibility index (Phi) is 21.1. The van der Waals surface area contributed by atoms with E-state index in [1.165, 1.54) is 0 Å². The Hall–Kier alpha value is -3.22. The quantitative estimate of drug-likeness (QED) is 0.285. The summed E-state index contributed by atoms with van der Waals surface area (Å²) in [7, 11) is 0. The molecule has 0 saturated carbocycles. The molecule has 0 aliphatic heterocycles. The van der Waals surface area contributed by atoms with Gasteiger partial charge in [-0.1, -0.05) is 0 Å². The SMILES string of the molecule is [C-]#[15N+]C[C@H](O)CC(=O)O.[C-]#[N+]C[C@@H](O)CC#[15N].[C-]#[N+]C[C@@H](O)CC(=O)O. The first kappa shape index (κ1) is 27.6. The number of nitrogens with zero attached hydrogens (tertiary/aromatic N) is 4. The lowest BCUT2D eigenvalue weighted by Crippen LogP contribution is -2.14. The normalized spacial score (nSPS) is 11.8. The van der Waals surface area contributed by atoms with Crippen LogP contribution >= 0.6 is 0 Å². The van der Waals surface area contributed by atoms with E-state index in [1.54, 1.807) is 6.07 Å². The topological polar surface area (TPSA) is 172 Å². The minimum absolute atomic E-state index is 0.0353. The van der Waals surface area contributed by atoms with Crippen LogP contribution in [0.2, 0.25) is 0 Å². The second kappa shape index (κ2) is 19.8. The summed E-state index contributed by atoms with van der Waals surface area (Å²) in [5, 5.41) is 49.9. The Morgan fingerprint density at radius 1 is 0.808 bits per heavy atom. The molecule has 0 saturated heterocycles. The summed E-state index contributed by atoms with van der Waals surface area (Å²) in [5.74, 6) is -2.16. The molecule has 0 fully saturated rings. The largest absolute Gasteiger partial charge is 0.481 e. The third-order valence-corrected chi connectivity index (χ3v) is 2.05. The maximum Gasteiger partial charge on any atom is 0.306 e. The molecule has 3 atom stereocenters. The van der Waals surface area contributed by atoms with E-state index < -0.39 is 30.3 Å². The van der Waals surface area contributed by atoms with E-state index in [2.05, 4.69) is 14.5 Å². The molecule has 0 unspecified atom stereocenters. The molecule has 0 heterocycles. The zero-order chi connectivity index (χ0) is 21.0. The summed E-state index contributed by atoms with van der Waals surface area (Å²) >= 11 is 0. The molecule has 0 rings (SSSR count). The van der Waals surface area contributed by atoms with E-state index in [9.17, 15) is 9.59 Å². The van der Waals surface area contributed by atoms with Crippen LogP contribution in [0.5, 0.6) is 0 Å². The van der Waals surface area contributed by atoms with Gasteiger partial charge in [-0.25, -0.2) is 19.7 Å². The molecule has 0 bridgehead atoms. The number of aliphatic carboxylic acids is 2. The Labute approximate surface area is 150 Å². The zero-order valence-corrected chi connectivity index (χ0v) is 13.8. The molecule has 0 aromatic heterocycles. The van der Waals surface area contributed by atoms with Crippen molar-refractivity contribution in [2.75, 3.05) is 19.6 Å². The molecule has 5 N–H and O–H groups in total. The van der Waals surface area contributed by atoms with E-state index in [-0.39, 0.29) is 38.9 Å². The van der Waals surface area contributed by atoms with Crippen molar-refractivity contribution in [2.24, 2.45) is 0 Å². The number of carbonyl (C=O) groups is 2. The van der Waals surface area contributed by atoms with Crippen LogP contribution in [-0.2, 0) is 9.59 Å². The highest BCUT2D eigenvalue weighted by Crippen LogP contribution is 1.91. The maximum atomic E-state index is 9.82. The smallest absolute Gasteiger partial charge is 0.306 e. The lowest BCUT2D eigenvalue weighted by Gasteiger charge is -1.96. The summed E-state index contributed by atoms with van der Waals surface area (Å²) in [6.07, 6.45) is -3.41. The van der Waals surface area contributed by atoms with E-state index in [0.29, 0.717) is 0 Å². The summed E-state index contributed by atoms with van der Waals surface area (Å²) in [4.78, 5) is 28.2. The van der Waals surface area contributed by atoms with Crippen molar-refractivity contribution in [1.29, 1.82) is 5.26 Å². The predicted octanol–water partition coefficient (Wildman–Crippen LogP) is -0.337. The van der Waals surface area contributed by atoms with Gasteiger partial charge >= 0.3 is 11.9 Å². The first-order valence-corrected chi connectivity index (χ1v) is 6.98. The first-order chi connectivity index (χ1) is 12.1. The Bertz CT molecular complexity index is 519. The summed E-state index contributed by atoms with van der Waals surface area (Å²) in [6, 6.07) is 1.76. The van der Waals surface area contributed by atoms with E-state index in [0.717, 1.165) is 0 Å². The molecule has 0 aliphatic rings. The van der Waals surface area contributed by atoms with Gasteiger partial charge in [-0.3, -0.25) is 9.59 Å². The monoisotopic (exact) mass is 370 g/mol. The number of hydrogen-bond donors (Lipinski definition) is 5. The van der Waals surface area contributed by atoms with Crippen LogP contribution in [0, 0.1) is 31.0 Å². The van der Waals surface area contributed by atoms with Crippen molar-refractivity contribution in [3.05, 3.63) is 34.3 Å². The molecular formula is C15H20N4O7. The first-order valence-electron chi connectivity index (χ1n) is 6.98. The Balaban J connectivity index is -0.000000306. The molecule has 0 aromatic rings. The van der Waals surface area contributed by atoms with Crippen LogP contribution < -0.4 is 0 Å². The fourth-order valence-electron chi connectivity index (χ4n) is 1.02. The number of carboxylic acid groups (broad SMARTS) is 2. The van der Waals surface area contributed by atoms with Gasteiger partial charge in [-0.15, -0.1) is 0 Å². The number of aliphatic hydroxyl groups excluding tert-OH is 3. The number of aliphatic hydroxyl groups is 3. The van der Waals surface area contributed by atoms with Crippen LogP contribution in [-0.4, -0.2) is 75.4 Å². The second-order valence-corrected chi connectivity index (χ2v) is 4.54. The van der Waals surface area contributed by atoms with Crippen molar-refractivity contribution in [3.8, 4) is 6.07 Å². The van der Waals surface area contributed by atoms with Gasteiger partial charge in [-0.2, -0.15) is 5.26 Å². The average molecular weight is 370 g/mol. The Morgan fingerprint density at radius 2 is 1.12 bits per heavy atom. The molecule has 0 amide bonds. The highest BCUT2D eigenvalue weighted by atomic mass is 16.4. The zero-order valence-electron chi connectivity index (χ0n) is 13.8. The minimum atomic E-state index is -1.08. The van der Waals surface area contributed by atoms with Crippen molar-refractivity contribution >= 4 is 11.9 Å². The van der Waals surface area contributed by atoms with E-state index in [1.807, 2.05) is 0 Å². The molecule has 142 valence electrons. The van der Waals surface area contributed by atoms with Gasteiger partial charge in [0.2, 0.25) is 19.6 Å². The van der Waals surface area contributed by atoms with Crippen molar-refractivity contribution in [1.82, 2.24) is 0 Å². The standard InChI is InChI=1S/C5H6N2O.2C5H7NO3/c1-7-4-5(8)2-3-6;2*1-6-3-4(7)2-5(8)9/h5,8H,2,4H2;2*4,7H,2-3H2,(H,8,9)/t5-;2*4-/m010/s1/i2*6+1;.